The fourth-order valence-corrected chi connectivity index (χ4v) is 2.79. The third kappa shape index (κ3) is 3.81. The second-order valence-electron chi connectivity index (χ2n) is 4.98. The molecule has 0 unspecified atom stereocenters. The molecule has 5 heteroatoms. The summed E-state index contributed by atoms with van der Waals surface area (Å²) in [6, 6.07) is 15.1. The van der Waals surface area contributed by atoms with Crippen LogP contribution in [0, 0.1) is 5.82 Å². The average Bonchev–Trinajstić information content (AvgIpc) is 3.06. The first kappa shape index (κ1) is 15.4. The van der Waals surface area contributed by atoms with Crippen LogP contribution in [0.5, 0.6) is 0 Å². The predicted octanol–water partition coefficient (Wildman–Crippen LogP) is 4.96. The van der Waals surface area contributed by atoms with Crippen LogP contribution >= 0.6 is 11.3 Å². The summed E-state index contributed by atoms with van der Waals surface area (Å²) < 4.78 is 13.9. The highest BCUT2D eigenvalue weighted by Gasteiger charge is 2.03. The average molecular weight is 325 g/mol. The standard InChI is InChI=1S/C18H16FN3S/c1-2-13-8-9-15(16(19)10-13)11-20-22-18-21-17(12-23-18)14-6-4-3-5-7-14/h3-12H,2H2,1H3,(H,21,22). The minimum atomic E-state index is -0.265. The van der Waals surface area contributed by atoms with Crippen molar-refractivity contribution in [3.63, 3.8) is 0 Å². The summed E-state index contributed by atoms with van der Waals surface area (Å²) in [6.45, 7) is 2.00. The Hall–Kier alpha value is -2.53. The number of halogens is 1. The lowest BCUT2D eigenvalue weighted by Crippen LogP contribution is -1.94. The lowest BCUT2D eigenvalue weighted by atomic mass is 10.1. The number of aromatic nitrogens is 1. The van der Waals surface area contributed by atoms with Crippen molar-refractivity contribution in [3.8, 4) is 11.3 Å². The van der Waals surface area contributed by atoms with E-state index in [4.69, 9.17) is 0 Å². The number of anilines is 1. The van der Waals surface area contributed by atoms with Gasteiger partial charge in [0, 0.05) is 16.5 Å². The molecule has 0 saturated heterocycles. The Labute approximate surface area is 138 Å². The molecule has 3 rings (SSSR count). The smallest absolute Gasteiger partial charge is 0.203 e. The number of nitrogens with one attached hydrogen (secondary N) is 1. The minimum Gasteiger partial charge on any atom is -0.253 e. The largest absolute Gasteiger partial charge is 0.253 e. The van der Waals surface area contributed by atoms with E-state index in [1.165, 1.54) is 23.6 Å². The van der Waals surface area contributed by atoms with Crippen LogP contribution in [0.1, 0.15) is 18.1 Å². The van der Waals surface area contributed by atoms with E-state index in [2.05, 4.69) is 15.5 Å². The maximum absolute atomic E-state index is 13.9. The third-order valence-electron chi connectivity index (χ3n) is 3.41. The first-order valence-electron chi connectivity index (χ1n) is 7.34. The molecule has 0 saturated carbocycles. The van der Waals surface area contributed by atoms with Crippen LogP contribution in [-0.2, 0) is 6.42 Å². The zero-order valence-corrected chi connectivity index (χ0v) is 13.5. The van der Waals surface area contributed by atoms with Crippen molar-refractivity contribution >= 4 is 22.7 Å². The summed E-state index contributed by atoms with van der Waals surface area (Å²) in [7, 11) is 0. The van der Waals surface area contributed by atoms with Crippen molar-refractivity contribution in [2.24, 2.45) is 5.10 Å². The van der Waals surface area contributed by atoms with Crippen LogP contribution < -0.4 is 5.43 Å². The highest BCUT2D eigenvalue weighted by molar-refractivity contribution is 7.14. The van der Waals surface area contributed by atoms with Crippen molar-refractivity contribution in [1.29, 1.82) is 0 Å². The Bertz CT molecular complexity index is 812. The van der Waals surface area contributed by atoms with Crippen LogP contribution in [0.25, 0.3) is 11.3 Å². The molecule has 1 aromatic heterocycles. The Kier molecular flexibility index (Phi) is 4.78. The summed E-state index contributed by atoms with van der Waals surface area (Å²) >= 11 is 1.46. The first-order chi connectivity index (χ1) is 11.3. The highest BCUT2D eigenvalue weighted by atomic mass is 32.1. The molecule has 0 aliphatic rings. The Balaban J connectivity index is 1.68. The van der Waals surface area contributed by atoms with Crippen LogP contribution in [0.4, 0.5) is 9.52 Å². The molecule has 3 nitrogen and oxygen atoms in total. The number of nitrogens with zero attached hydrogens (tertiary/aromatic N) is 2. The lowest BCUT2D eigenvalue weighted by molar-refractivity contribution is 0.624. The van der Waals surface area contributed by atoms with Gasteiger partial charge in [0.1, 0.15) is 5.82 Å². The number of hydrazone groups is 1. The number of thiazole rings is 1. The van der Waals surface area contributed by atoms with Gasteiger partial charge >= 0.3 is 0 Å². The van der Waals surface area contributed by atoms with E-state index < -0.39 is 0 Å². The van der Waals surface area contributed by atoms with Gasteiger partial charge in [0.2, 0.25) is 5.13 Å². The van der Waals surface area contributed by atoms with Gasteiger partial charge < -0.3 is 0 Å². The molecule has 0 amide bonds. The van der Waals surface area contributed by atoms with Crippen molar-refractivity contribution in [3.05, 3.63) is 70.9 Å². The molecule has 0 radical (unpaired) electrons. The molecular formula is C18H16FN3S. The summed E-state index contributed by atoms with van der Waals surface area (Å²) in [6.07, 6.45) is 2.28. The fraction of sp³-hybridized carbons (Fsp3) is 0.111. The molecule has 2 aromatic carbocycles. The monoisotopic (exact) mass is 325 g/mol. The lowest BCUT2D eigenvalue weighted by Gasteiger charge is -2.00. The molecule has 3 aromatic rings. The molecular weight excluding hydrogens is 309 g/mol. The summed E-state index contributed by atoms with van der Waals surface area (Å²) in [4.78, 5) is 4.46. The summed E-state index contributed by atoms with van der Waals surface area (Å²) in [5.74, 6) is -0.265. The Morgan fingerprint density at radius 2 is 2.04 bits per heavy atom. The number of benzene rings is 2. The highest BCUT2D eigenvalue weighted by Crippen LogP contribution is 2.24. The quantitative estimate of drug-likeness (QED) is 0.532. The van der Waals surface area contributed by atoms with Gasteiger partial charge in [-0.3, -0.25) is 5.43 Å². The van der Waals surface area contributed by atoms with Crippen molar-refractivity contribution in [2.45, 2.75) is 13.3 Å². The molecule has 0 aliphatic carbocycles. The van der Waals surface area contributed by atoms with E-state index in [1.54, 1.807) is 6.07 Å². The van der Waals surface area contributed by atoms with E-state index in [1.807, 2.05) is 48.7 Å². The van der Waals surface area contributed by atoms with E-state index in [-0.39, 0.29) is 5.82 Å². The zero-order valence-electron chi connectivity index (χ0n) is 12.7. The van der Waals surface area contributed by atoms with Crippen LogP contribution in [0.2, 0.25) is 0 Å². The first-order valence-corrected chi connectivity index (χ1v) is 8.22. The van der Waals surface area contributed by atoms with E-state index >= 15 is 0 Å². The van der Waals surface area contributed by atoms with Gasteiger partial charge in [-0.2, -0.15) is 5.10 Å². The number of aryl methyl sites for hydroxylation is 1. The van der Waals surface area contributed by atoms with Crippen LogP contribution in [0.15, 0.2) is 59.0 Å². The van der Waals surface area contributed by atoms with Crippen LogP contribution in [-0.4, -0.2) is 11.2 Å². The molecule has 0 spiro atoms. The van der Waals surface area contributed by atoms with E-state index in [0.717, 1.165) is 23.2 Å². The summed E-state index contributed by atoms with van der Waals surface area (Å²) in [5.41, 5.74) is 6.23. The van der Waals surface area contributed by atoms with Crippen molar-refractivity contribution in [2.75, 3.05) is 5.43 Å². The summed E-state index contributed by atoms with van der Waals surface area (Å²) in [5, 5.41) is 6.70. The maximum atomic E-state index is 13.9. The van der Waals surface area contributed by atoms with Gasteiger partial charge in [-0.15, -0.1) is 11.3 Å². The van der Waals surface area contributed by atoms with Gasteiger partial charge in [-0.1, -0.05) is 49.4 Å². The number of hydrogen-bond acceptors (Lipinski definition) is 4. The number of hydrogen-bond donors (Lipinski definition) is 1. The Morgan fingerprint density at radius 1 is 1.22 bits per heavy atom. The fourth-order valence-electron chi connectivity index (χ4n) is 2.12. The molecule has 116 valence electrons. The molecule has 0 fully saturated rings. The van der Waals surface area contributed by atoms with Crippen molar-refractivity contribution < 1.29 is 4.39 Å². The molecule has 23 heavy (non-hydrogen) atoms. The molecule has 1 N–H and O–H groups in total. The van der Waals surface area contributed by atoms with Crippen molar-refractivity contribution in [1.82, 2.24) is 4.98 Å². The van der Waals surface area contributed by atoms with Crippen LogP contribution in [0.3, 0.4) is 0 Å². The third-order valence-corrected chi connectivity index (χ3v) is 4.16. The maximum Gasteiger partial charge on any atom is 0.203 e. The second kappa shape index (κ2) is 7.15. The van der Waals surface area contributed by atoms with E-state index in [9.17, 15) is 4.39 Å². The molecule has 0 atom stereocenters. The van der Waals surface area contributed by atoms with Gasteiger partial charge in [0.05, 0.1) is 11.9 Å². The SMILES string of the molecule is CCc1ccc(C=NNc2nc(-c3ccccc3)cs2)c(F)c1. The second-order valence-corrected chi connectivity index (χ2v) is 5.84. The number of rotatable bonds is 5. The van der Waals surface area contributed by atoms with Gasteiger partial charge in [-0.25, -0.2) is 9.37 Å². The minimum absolute atomic E-state index is 0.265. The molecule has 0 aliphatic heterocycles. The molecule has 0 bridgehead atoms. The zero-order chi connectivity index (χ0) is 16.1. The van der Waals surface area contributed by atoms with Gasteiger partial charge in [0.15, 0.2) is 0 Å². The topological polar surface area (TPSA) is 37.3 Å². The predicted molar refractivity (Wildman–Crippen MR) is 94.5 cm³/mol. The molecule has 1 heterocycles. The van der Waals surface area contributed by atoms with Gasteiger partial charge in [0.25, 0.3) is 0 Å². The van der Waals surface area contributed by atoms with E-state index in [0.29, 0.717) is 10.7 Å². The normalized spacial score (nSPS) is 11.0. The Morgan fingerprint density at radius 3 is 2.78 bits per heavy atom. The van der Waals surface area contributed by atoms with Gasteiger partial charge in [-0.05, 0) is 18.1 Å².